The van der Waals surface area contributed by atoms with Gasteiger partial charge < -0.3 is 21.0 Å². The highest BCUT2D eigenvalue weighted by Crippen LogP contribution is 2.43. The summed E-state index contributed by atoms with van der Waals surface area (Å²) in [7, 11) is 0. The fourth-order valence-electron chi connectivity index (χ4n) is 4.30. The fraction of sp³-hybridized carbons (Fsp3) is 0.571. The zero-order valence-electron chi connectivity index (χ0n) is 17.5. The molecule has 0 radical (unpaired) electrons. The lowest BCUT2D eigenvalue weighted by Crippen LogP contribution is -2.55. The predicted octanol–water partition coefficient (Wildman–Crippen LogP) is 3.37. The summed E-state index contributed by atoms with van der Waals surface area (Å²) in [6.45, 7) is 5.40. The molecule has 2 aliphatic rings. The molecule has 1 saturated heterocycles. The molecular formula is C21H27N6O3-. The lowest BCUT2D eigenvalue weighted by molar-refractivity contribution is -0.128. The summed E-state index contributed by atoms with van der Waals surface area (Å²) < 4.78 is 5.52. The van der Waals surface area contributed by atoms with Gasteiger partial charge in [0.2, 0.25) is 5.91 Å². The van der Waals surface area contributed by atoms with Crippen molar-refractivity contribution in [1.29, 1.82) is 5.26 Å². The number of ether oxygens (including phenoxy) is 1. The van der Waals surface area contributed by atoms with Crippen LogP contribution in [0.3, 0.4) is 0 Å². The third kappa shape index (κ3) is 4.87. The highest BCUT2D eigenvalue weighted by molar-refractivity contribution is 5.87. The molecule has 4 atom stereocenters. The second-order valence-electron chi connectivity index (χ2n) is 8.86. The highest BCUT2D eigenvalue weighted by atomic mass is 16.6. The van der Waals surface area contributed by atoms with Gasteiger partial charge in [-0.3, -0.25) is 14.9 Å². The maximum absolute atomic E-state index is 13.1. The Bertz CT molecular complexity index is 842. The van der Waals surface area contributed by atoms with Crippen molar-refractivity contribution in [2.24, 2.45) is 11.1 Å². The van der Waals surface area contributed by atoms with E-state index >= 15 is 0 Å². The van der Waals surface area contributed by atoms with Crippen LogP contribution in [0.4, 0.5) is 10.5 Å². The minimum atomic E-state index is -0.724. The summed E-state index contributed by atoms with van der Waals surface area (Å²) in [5.74, 6) is -0.216. The number of piperidine rings is 1. The quantitative estimate of drug-likeness (QED) is 0.547. The summed E-state index contributed by atoms with van der Waals surface area (Å²) in [5.41, 5.74) is 11.8. The maximum atomic E-state index is 13.1. The van der Waals surface area contributed by atoms with Gasteiger partial charge >= 0.3 is 6.09 Å². The first-order valence-corrected chi connectivity index (χ1v) is 10.1. The Kier molecular flexibility index (Phi) is 6.25. The van der Waals surface area contributed by atoms with Gasteiger partial charge in [0.05, 0.1) is 6.07 Å². The second kappa shape index (κ2) is 8.69. The number of rotatable bonds is 6. The third-order valence-corrected chi connectivity index (χ3v) is 5.50. The summed E-state index contributed by atoms with van der Waals surface area (Å²) in [5, 5.41) is 15.2. The largest absolute Gasteiger partial charge is 0.444 e. The fourth-order valence-corrected chi connectivity index (χ4v) is 4.30. The predicted molar refractivity (Wildman–Crippen MR) is 110 cm³/mol. The van der Waals surface area contributed by atoms with Crippen molar-refractivity contribution in [2.45, 2.75) is 70.2 Å². The lowest BCUT2D eigenvalue weighted by atomic mass is 9.97. The van der Waals surface area contributed by atoms with Crippen LogP contribution in [0.25, 0.3) is 5.53 Å². The zero-order chi connectivity index (χ0) is 21.9. The average molecular weight is 411 g/mol. The monoisotopic (exact) mass is 411 g/mol. The van der Waals surface area contributed by atoms with Crippen molar-refractivity contribution in [3.05, 3.63) is 35.4 Å². The molecule has 2 amide bonds. The van der Waals surface area contributed by atoms with Crippen molar-refractivity contribution in [2.75, 3.05) is 5.43 Å². The van der Waals surface area contributed by atoms with E-state index in [-0.39, 0.29) is 17.9 Å². The van der Waals surface area contributed by atoms with Crippen LogP contribution in [0, 0.1) is 17.2 Å². The van der Waals surface area contributed by atoms with Crippen molar-refractivity contribution in [3.63, 3.8) is 0 Å². The van der Waals surface area contributed by atoms with Crippen LogP contribution < -0.4 is 10.7 Å². The number of fused-ring (bicyclic) bond motifs is 2. The number of nitrogens with zero attached hydrogens (tertiary/aromatic N) is 4. The number of anilines is 1. The molecule has 1 aromatic rings. The van der Waals surface area contributed by atoms with Crippen LogP contribution in [0.1, 0.15) is 45.6 Å². The van der Waals surface area contributed by atoms with Crippen LogP contribution in [-0.2, 0) is 16.0 Å². The molecule has 2 N–H and O–H groups in total. The number of amides is 2. The Morgan fingerprint density at radius 2 is 2.03 bits per heavy atom. The minimum Gasteiger partial charge on any atom is -0.444 e. The van der Waals surface area contributed by atoms with Gasteiger partial charge in [0, 0.05) is 12.5 Å². The van der Waals surface area contributed by atoms with E-state index in [1.54, 1.807) is 49.9 Å². The standard InChI is InChI=1S/C21H27N6O3/c1-21(2,3)30-20(29)27-17-9-6-14(11-17)18(27)19(28)24-16(12-22)10-13-4-7-15(8-5-13)25-26-23/h4-5,7-8,14,16-18H,6,9-11H2,1-3H3,(H2-,23,24,25,28)/q-1/t14-,16-,17+,18-/m0/s1. The Hall–Kier alpha value is -3.15. The van der Waals surface area contributed by atoms with E-state index in [9.17, 15) is 14.9 Å². The van der Waals surface area contributed by atoms with Crippen molar-refractivity contribution in [3.8, 4) is 6.07 Å². The summed E-state index contributed by atoms with van der Waals surface area (Å²) >= 11 is 0. The first-order valence-electron chi connectivity index (χ1n) is 10.1. The van der Waals surface area contributed by atoms with E-state index in [0.29, 0.717) is 12.1 Å². The zero-order valence-corrected chi connectivity index (χ0v) is 17.5. The Balaban J connectivity index is 1.67. The van der Waals surface area contributed by atoms with Gasteiger partial charge in [0.1, 0.15) is 17.7 Å². The SMILES string of the molecule is CC(C)(C)OC(=O)N1[C@@H]2CC[C@@H](C2)[C@H]1C(=O)N[C@H](C#N)Cc1ccc(NN=[N-])cc1. The van der Waals surface area contributed by atoms with E-state index in [4.69, 9.17) is 10.3 Å². The molecular weight excluding hydrogens is 384 g/mol. The Morgan fingerprint density at radius 1 is 1.33 bits per heavy atom. The maximum Gasteiger partial charge on any atom is 0.411 e. The molecule has 9 heteroatoms. The molecule has 2 bridgehead atoms. The van der Waals surface area contributed by atoms with Crippen molar-refractivity contribution >= 4 is 17.7 Å². The first-order chi connectivity index (χ1) is 14.2. The van der Waals surface area contributed by atoms with Crippen LogP contribution in [0.5, 0.6) is 0 Å². The van der Waals surface area contributed by atoms with Crippen molar-refractivity contribution in [1.82, 2.24) is 10.2 Å². The second-order valence-corrected chi connectivity index (χ2v) is 8.86. The van der Waals surface area contributed by atoms with Gasteiger partial charge in [0.15, 0.2) is 0 Å². The molecule has 0 aromatic heterocycles. The molecule has 1 aliphatic heterocycles. The smallest absolute Gasteiger partial charge is 0.411 e. The topological polar surface area (TPSA) is 129 Å². The number of carbonyl (C=O) groups excluding carboxylic acids is 2. The number of nitrogens with one attached hydrogen (secondary N) is 2. The third-order valence-electron chi connectivity index (χ3n) is 5.50. The average Bonchev–Trinajstić information content (AvgIpc) is 3.29. The van der Waals surface area contributed by atoms with E-state index < -0.39 is 23.8 Å². The molecule has 0 spiro atoms. The van der Waals surface area contributed by atoms with Crippen molar-refractivity contribution < 1.29 is 14.3 Å². The van der Waals surface area contributed by atoms with Gasteiger partial charge in [0.25, 0.3) is 0 Å². The molecule has 1 aromatic carbocycles. The number of carbonyl (C=O) groups is 2. The molecule has 1 heterocycles. The molecule has 1 aliphatic carbocycles. The lowest BCUT2D eigenvalue weighted by Gasteiger charge is -2.35. The summed E-state index contributed by atoms with van der Waals surface area (Å²) in [4.78, 5) is 27.3. The molecule has 2 fully saturated rings. The number of benzene rings is 1. The molecule has 3 rings (SSSR count). The van der Waals surface area contributed by atoms with Gasteiger partial charge in [-0.1, -0.05) is 24.3 Å². The Labute approximate surface area is 176 Å². The van der Waals surface area contributed by atoms with Crippen LogP contribution in [0.2, 0.25) is 0 Å². The van der Waals surface area contributed by atoms with Gasteiger partial charge in [-0.2, -0.15) is 5.26 Å². The van der Waals surface area contributed by atoms with E-state index in [2.05, 4.69) is 22.0 Å². The molecule has 0 unspecified atom stereocenters. The van der Waals surface area contributed by atoms with Gasteiger partial charge in [-0.05, 0) is 57.2 Å². The van der Waals surface area contributed by atoms with Crippen LogP contribution >= 0.6 is 0 Å². The molecule has 9 nitrogen and oxygen atoms in total. The molecule has 1 saturated carbocycles. The molecule has 30 heavy (non-hydrogen) atoms. The summed E-state index contributed by atoms with van der Waals surface area (Å²) in [6, 6.07) is 7.81. The minimum absolute atomic E-state index is 0.0121. The first kappa shape index (κ1) is 21.6. The van der Waals surface area contributed by atoms with E-state index in [1.807, 2.05) is 0 Å². The number of hydrogen-bond donors (Lipinski definition) is 2. The van der Waals surface area contributed by atoms with E-state index in [1.165, 1.54) is 0 Å². The number of likely N-dealkylation sites (tertiary alicyclic amines) is 1. The van der Waals surface area contributed by atoms with Crippen LogP contribution in [0.15, 0.2) is 29.5 Å². The van der Waals surface area contributed by atoms with E-state index in [0.717, 1.165) is 24.8 Å². The number of hydrogen-bond acceptors (Lipinski definition) is 5. The Morgan fingerprint density at radius 3 is 2.63 bits per heavy atom. The normalized spacial score (nSPS) is 23.4. The number of nitriles is 1. The van der Waals surface area contributed by atoms with Gasteiger partial charge in [-0.15, -0.1) is 0 Å². The van der Waals surface area contributed by atoms with Gasteiger partial charge in [-0.25, -0.2) is 4.79 Å². The molecule has 160 valence electrons. The van der Waals surface area contributed by atoms with Crippen LogP contribution in [-0.4, -0.2) is 40.6 Å². The highest BCUT2D eigenvalue weighted by Gasteiger charge is 2.52. The summed E-state index contributed by atoms with van der Waals surface area (Å²) in [6.07, 6.45) is 2.41.